The van der Waals surface area contributed by atoms with Gasteiger partial charge in [-0.25, -0.2) is 0 Å². The average Bonchev–Trinajstić information content (AvgIpc) is 3.16. The van der Waals surface area contributed by atoms with Crippen LogP contribution in [0.15, 0.2) is 48.5 Å². The Bertz CT molecular complexity index is 726. The Balaban J connectivity index is 1.71. The zero-order valence-corrected chi connectivity index (χ0v) is 14.5. The summed E-state index contributed by atoms with van der Waals surface area (Å²) < 4.78 is 0. The number of rotatable bonds is 5. The van der Waals surface area contributed by atoms with Gasteiger partial charge in [0.05, 0.1) is 11.6 Å². The van der Waals surface area contributed by atoms with Crippen molar-refractivity contribution in [3.8, 4) is 6.07 Å². The van der Waals surface area contributed by atoms with Crippen LogP contribution in [0, 0.1) is 11.3 Å². The van der Waals surface area contributed by atoms with Crippen molar-refractivity contribution in [1.82, 2.24) is 5.32 Å². The highest BCUT2D eigenvalue weighted by molar-refractivity contribution is 5.50. The molecule has 2 atom stereocenters. The van der Waals surface area contributed by atoms with Gasteiger partial charge in [-0.05, 0) is 62.1 Å². The van der Waals surface area contributed by atoms with Crippen molar-refractivity contribution in [2.24, 2.45) is 0 Å². The van der Waals surface area contributed by atoms with E-state index in [-0.39, 0.29) is 12.1 Å². The van der Waals surface area contributed by atoms with Crippen LogP contribution in [-0.2, 0) is 0 Å². The summed E-state index contributed by atoms with van der Waals surface area (Å²) in [5, 5.41) is 12.7. The van der Waals surface area contributed by atoms with Crippen molar-refractivity contribution in [1.29, 1.82) is 5.26 Å². The molecule has 0 aliphatic carbocycles. The maximum atomic E-state index is 9.06. The summed E-state index contributed by atoms with van der Waals surface area (Å²) in [6.07, 6.45) is 2.59. The van der Waals surface area contributed by atoms with Crippen LogP contribution in [0.3, 0.4) is 0 Å². The summed E-state index contributed by atoms with van der Waals surface area (Å²) in [6, 6.07) is 19.4. The molecular weight excluding hydrogens is 294 g/mol. The molecule has 1 aliphatic heterocycles. The predicted octanol–water partition coefficient (Wildman–Crippen LogP) is 4.57. The molecule has 0 aromatic heterocycles. The van der Waals surface area contributed by atoms with Gasteiger partial charge in [0.1, 0.15) is 0 Å². The largest absolute Gasteiger partial charge is 0.372 e. The molecule has 0 saturated carbocycles. The number of nitrogens with one attached hydrogen (secondary N) is 1. The van der Waals surface area contributed by atoms with E-state index in [1.807, 2.05) is 18.2 Å². The lowest BCUT2D eigenvalue weighted by Crippen LogP contribution is -2.23. The van der Waals surface area contributed by atoms with Crippen LogP contribution in [0.1, 0.15) is 55.5 Å². The predicted molar refractivity (Wildman–Crippen MR) is 99.0 cm³/mol. The molecule has 24 heavy (non-hydrogen) atoms. The maximum absolute atomic E-state index is 9.06. The number of anilines is 1. The first-order valence-corrected chi connectivity index (χ1v) is 8.78. The number of hydrogen-bond acceptors (Lipinski definition) is 3. The van der Waals surface area contributed by atoms with Crippen LogP contribution in [0.2, 0.25) is 0 Å². The van der Waals surface area contributed by atoms with Gasteiger partial charge in [-0.2, -0.15) is 5.26 Å². The third-order valence-electron chi connectivity index (χ3n) is 4.86. The fourth-order valence-corrected chi connectivity index (χ4v) is 3.41. The van der Waals surface area contributed by atoms with Gasteiger partial charge in [-0.3, -0.25) is 0 Å². The molecule has 0 unspecified atom stereocenters. The molecule has 3 heteroatoms. The quantitative estimate of drug-likeness (QED) is 0.877. The van der Waals surface area contributed by atoms with Crippen LogP contribution in [0.25, 0.3) is 0 Å². The van der Waals surface area contributed by atoms with Gasteiger partial charge >= 0.3 is 0 Å². The van der Waals surface area contributed by atoms with E-state index in [0.717, 1.165) is 5.56 Å². The Labute approximate surface area is 144 Å². The lowest BCUT2D eigenvalue weighted by atomic mass is 10.0. The van der Waals surface area contributed by atoms with Gasteiger partial charge in [-0.15, -0.1) is 0 Å². The van der Waals surface area contributed by atoms with Gasteiger partial charge in [0.15, 0.2) is 0 Å². The summed E-state index contributed by atoms with van der Waals surface area (Å²) in [7, 11) is 0. The van der Waals surface area contributed by atoms with E-state index in [9.17, 15) is 0 Å². The highest BCUT2D eigenvalue weighted by atomic mass is 15.1. The molecule has 3 rings (SSSR count). The zero-order chi connectivity index (χ0) is 16.9. The number of benzene rings is 2. The molecule has 2 aromatic rings. The smallest absolute Gasteiger partial charge is 0.0991 e. The van der Waals surface area contributed by atoms with E-state index in [4.69, 9.17) is 5.26 Å². The molecule has 1 fully saturated rings. The Kier molecular flexibility index (Phi) is 5.17. The SMILES string of the molecule is C[C@H](N[C@H](C)c1cccc(C#N)c1)c1cccc(N2CCCC2)c1. The molecule has 1 saturated heterocycles. The molecule has 124 valence electrons. The lowest BCUT2D eigenvalue weighted by molar-refractivity contribution is 0.494. The minimum atomic E-state index is 0.198. The summed E-state index contributed by atoms with van der Waals surface area (Å²) in [6.45, 7) is 6.69. The second-order valence-electron chi connectivity index (χ2n) is 6.64. The minimum absolute atomic E-state index is 0.198. The molecule has 1 N–H and O–H groups in total. The van der Waals surface area contributed by atoms with Crippen LogP contribution < -0.4 is 10.2 Å². The topological polar surface area (TPSA) is 39.1 Å². The summed E-state index contributed by atoms with van der Waals surface area (Å²) in [4.78, 5) is 2.47. The van der Waals surface area contributed by atoms with Crippen molar-refractivity contribution in [2.75, 3.05) is 18.0 Å². The van der Waals surface area contributed by atoms with Crippen molar-refractivity contribution < 1.29 is 0 Å². The van der Waals surface area contributed by atoms with E-state index in [2.05, 4.69) is 60.5 Å². The zero-order valence-electron chi connectivity index (χ0n) is 14.5. The Hall–Kier alpha value is -2.31. The van der Waals surface area contributed by atoms with Crippen molar-refractivity contribution in [3.05, 3.63) is 65.2 Å². The van der Waals surface area contributed by atoms with Crippen molar-refractivity contribution in [3.63, 3.8) is 0 Å². The van der Waals surface area contributed by atoms with Crippen LogP contribution in [0.5, 0.6) is 0 Å². The van der Waals surface area contributed by atoms with Crippen molar-refractivity contribution in [2.45, 2.75) is 38.8 Å². The second kappa shape index (κ2) is 7.51. The monoisotopic (exact) mass is 319 g/mol. The third kappa shape index (κ3) is 3.77. The number of nitriles is 1. The highest BCUT2D eigenvalue weighted by Gasteiger charge is 2.15. The van der Waals surface area contributed by atoms with Gasteiger partial charge in [0.25, 0.3) is 0 Å². The van der Waals surface area contributed by atoms with Gasteiger partial charge in [-0.1, -0.05) is 24.3 Å². The molecular formula is C21H25N3. The number of nitrogens with zero attached hydrogens (tertiary/aromatic N) is 2. The van der Waals surface area contributed by atoms with Crippen LogP contribution in [0.4, 0.5) is 5.69 Å². The Morgan fingerprint density at radius 2 is 1.58 bits per heavy atom. The molecule has 1 aliphatic rings. The summed E-state index contributed by atoms with van der Waals surface area (Å²) in [5.41, 5.74) is 4.50. The first kappa shape index (κ1) is 16.5. The van der Waals surface area contributed by atoms with E-state index in [1.165, 1.54) is 37.2 Å². The molecule has 0 bridgehead atoms. The maximum Gasteiger partial charge on any atom is 0.0991 e. The Morgan fingerprint density at radius 1 is 0.958 bits per heavy atom. The fourth-order valence-electron chi connectivity index (χ4n) is 3.41. The number of hydrogen-bond donors (Lipinski definition) is 1. The average molecular weight is 319 g/mol. The third-order valence-corrected chi connectivity index (χ3v) is 4.86. The van der Waals surface area contributed by atoms with Gasteiger partial charge < -0.3 is 10.2 Å². The molecule has 1 heterocycles. The van der Waals surface area contributed by atoms with Crippen LogP contribution in [-0.4, -0.2) is 13.1 Å². The van der Waals surface area contributed by atoms with E-state index in [0.29, 0.717) is 5.56 Å². The standard InChI is InChI=1S/C21H25N3/c1-16(19-8-5-7-18(13-19)15-22)23-17(2)20-9-6-10-21(14-20)24-11-3-4-12-24/h5-10,13-14,16-17,23H,3-4,11-12H2,1-2H3/t16-,17+/m1/s1. The molecule has 0 spiro atoms. The van der Waals surface area contributed by atoms with Crippen LogP contribution >= 0.6 is 0 Å². The fraction of sp³-hybridized carbons (Fsp3) is 0.381. The van der Waals surface area contributed by atoms with Crippen molar-refractivity contribution >= 4 is 5.69 Å². The first-order chi connectivity index (χ1) is 11.7. The first-order valence-electron chi connectivity index (χ1n) is 8.78. The second-order valence-corrected chi connectivity index (χ2v) is 6.64. The highest BCUT2D eigenvalue weighted by Crippen LogP contribution is 2.25. The van der Waals surface area contributed by atoms with Gasteiger partial charge in [0, 0.05) is 30.9 Å². The molecule has 0 amide bonds. The van der Waals surface area contributed by atoms with Gasteiger partial charge in [0.2, 0.25) is 0 Å². The van der Waals surface area contributed by atoms with E-state index in [1.54, 1.807) is 0 Å². The molecule has 2 aromatic carbocycles. The normalized spacial score (nSPS) is 16.6. The summed E-state index contributed by atoms with van der Waals surface area (Å²) >= 11 is 0. The lowest BCUT2D eigenvalue weighted by Gasteiger charge is -2.23. The Morgan fingerprint density at radius 3 is 2.25 bits per heavy atom. The molecule has 0 radical (unpaired) electrons. The van der Waals surface area contributed by atoms with E-state index >= 15 is 0 Å². The molecule has 3 nitrogen and oxygen atoms in total. The van der Waals surface area contributed by atoms with E-state index < -0.39 is 0 Å². The minimum Gasteiger partial charge on any atom is -0.372 e. The summed E-state index contributed by atoms with van der Waals surface area (Å²) in [5.74, 6) is 0.